The summed E-state index contributed by atoms with van der Waals surface area (Å²) in [5, 5.41) is 2.90. The molecule has 3 fully saturated rings. The van der Waals surface area contributed by atoms with Crippen LogP contribution in [0.2, 0.25) is 0 Å². The lowest BCUT2D eigenvalue weighted by molar-refractivity contribution is -0.151. The van der Waals surface area contributed by atoms with Crippen LogP contribution in [0.1, 0.15) is 124 Å². The molecule has 1 amide bonds. The van der Waals surface area contributed by atoms with E-state index in [1.807, 2.05) is 6.92 Å². The highest BCUT2D eigenvalue weighted by Gasteiger charge is 2.59. The monoisotopic (exact) mass is 996 g/mol. The molecule has 1 aromatic carbocycles. The Balaban J connectivity index is 1.14. The van der Waals surface area contributed by atoms with Crippen molar-refractivity contribution in [2.45, 2.75) is 131 Å². The number of carbonyl (C=O) groups excluding carboxylic acids is 2. The number of ether oxygens (including phenoxy) is 1. The fraction of sp³-hybridized carbons (Fsp3) is 0.750. The number of hydrogen-bond acceptors (Lipinski definition) is 4. The van der Waals surface area contributed by atoms with Crippen molar-refractivity contribution in [3.8, 4) is 0 Å². The van der Waals surface area contributed by atoms with Gasteiger partial charge in [0.15, 0.2) is 0 Å². The Morgan fingerprint density at radius 2 is 1.77 bits per heavy atom. The van der Waals surface area contributed by atoms with Crippen LogP contribution < -0.4 is 11.1 Å². The topological polar surface area (TPSA) is 81.4 Å². The number of allylic oxidation sites excluding steroid dienone is 1. The summed E-state index contributed by atoms with van der Waals surface area (Å²) >= 11 is 6.87. The number of rotatable bonds is 12. The summed E-state index contributed by atoms with van der Waals surface area (Å²) in [7, 11) is 0. The van der Waals surface area contributed by atoms with Crippen molar-refractivity contribution in [1.82, 2.24) is 5.32 Å². The maximum Gasteiger partial charge on any atom is 0.325 e. The molecule has 1 aromatic rings. The zero-order valence-corrected chi connectivity index (χ0v) is 36.6. The predicted octanol–water partition coefficient (Wildman–Crippen LogP) is 10.7. The van der Waals surface area contributed by atoms with Gasteiger partial charge in [-0.3, -0.25) is 9.59 Å². The lowest BCUT2D eigenvalue weighted by Gasteiger charge is -2.58. The molecule has 8 heteroatoms. The van der Waals surface area contributed by atoms with Gasteiger partial charge in [0.2, 0.25) is 5.91 Å². The highest BCUT2D eigenvalue weighted by Crippen LogP contribution is 2.67. The minimum absolute atomic E-state index is 0.0762. The lowest BCUT2D eigenvalue weighted by atomic mass is 9.47. The molecule has 0 aromatic heterocycles. The van der Waals surface area contributed by atoms with E-state index in [1.54, 1.807) is 0 Å². The van der Waals surface area contributed by atoms with Gasteiger partial charge in [-0.25, -0.2) is 0 Å². The van der Waals surface area contributed by atoms with Crippen LogP contribution in [0.25, 0.3) is 0 Å². The van der Waals surface area contributed by atoms with Crippen LogP contribution in [-0.4, -0.2) is 24.5 Å². The average molecular weight is 997 g/mol. The van der Waals surface area contributed by atoms with Crippen LogP contribution >= 0.6 is 67.8 Å². The van der Waals surface area contributed by atoms with Gasteiger partial charge in [-0.2, -0.15) is 0 Å². The molecule has 0 radical (unpaired) electrons. The van der Waals surface area contributed by atoms with E-state index >= 15 is 0 Å². The number of nitrogens with one attached hydrogen (secondary N) is 1. The first-order valence-corrected chi connectivity index (χ1v) is 22.0. The van der Waals surface area contributed by atoms with Crippen LogP contribution in [0, 0.1) is 63.0 Å². The zero-order valence-electron chi connectivity index (χ0n) is 30.1. The number of carbonyl (C=O) groups is 2. The second kappa shape index (κ2) is 16.3. The number of anilines is 1. The normalized spacial score (nSPS) is 32.5. The van der Waals surface area contributed by atoms with E-state index in [4.69, 9.17) is 10.5 Å². The van der Waals surface area contributed by atoms with Crippen LogP contribution in [0.15, 0.2) is 17.7 Å². The first kappa shape index (κ1) is 39.1. The lowest BCUT2D eigenvalue weighted by Crippen LogP contribution is -2.51. The fourth-order valence-electron chi connectivity index (χ4n) is 10.8. The van der Waals surface area contributed by atoms with Gasteiger partial charge in [0.25, 0.3) is 0 Å². The van der Waals surface area contributed by atoms with Crippen LogP contribution in [0.3, 0.4) is 0 Å². The number of halogens is 3. The summed E-state index contributed by atoms with van der Waals surface area (Å²) in [4.78, 5) is 26.2. The Morgan fingerprint density at radius 3 is 2.48 bits per heavy atom. The van der Waals surface area contributed by atoms with Crippen molar-refractivity contribution in [1.29, 1.82) is 0 Å². The van der Waals surface area contributed by atoms with Gasteiger partial charge in [-0.15, -0.1) is 0 Å². The third kappa shape index (κ3) is 8.09. The number of nitrogen functional groups attached to an aromatic ring is 1. The highest BCUT2D eigenvalue weighted by atomic mass is 127. The largest absolute Gasteiger partial charge is 0.461 e. The number of nitrogens with two attached hydrogens (primary N) is 1. The molecule has 1 unspecified atom stereocenters. The maximum absolute atomic E-state index is 13.2. The summed E-state index contributed by atoms with van der Waals surface area (Å²) in [5.74, 6) is 4.28. The average Bonchev–Trinajstić information content (AvgIpc) is 3.40. The minimum Gasteiger partial charge on any atom is -0.461 e. The van der Waals surface area contributed by atoms with Crippen LogP contribution in [0.5, 0.6) is 0 Å². The molecule has 3 N–H and O–H groups in total. The molecule has 0 spiro atoms. The third-order valence-electron chi connectivity index (χ3n) is 13.6. The molecule has 5 rings (SSSR count). The minimum atomic E-state index is -0.322. The van der Waals surface area contributed by atoms with Gasteiger partial charge in [-0.1, -0.05) is 72.5 Å². The summed E-state index contributed by atoms with van der Waals surface area (Å²) in [6, 6.07) is 2.07. The van der Waals surface area contributed by atoms with Crippen LogP contribution in [-0.2, 0) is 20.7 Å². The van der Waals surface area contributed by atoms with Crippen molar-refractivity contribution in [3.63, 3.8) is 0 Å². The van der Waals surface area contributed by atoms with Gasteiger partial charge in [0, 0.05) is 23.0 Å². The van der Waals surface area contributed by atoms with E-state index in [1.165, 1.54) is 56.9 Å². The Labute approximate surface area is 331 Å². The quantitative estimate of drug-likeness (QED) is 0.0946. The summed E-state index contributed by atoms with van der Waals surface area (Å²) in [6.45, 7) is 14.4. The predicted molar refractivity (Wildman–Crippen MR) is 222 cm³/mol. The second-order valence-electron chi connectivity index (χ2n) is 16.7. The molecule has 4 aliphatic carbocycles. The Kier molecular flexibility index (Phi) is 13.3. The molecule has 5 nitrogen and oxygen atoms in total. The molecule has 0 heterocycles. The van der Waals surface area contributed by atoms with Crippen molar-refractivity contribution in [3.05, 3.63) is 34.0 Å². The van der Waals surface area contributed by atoms with Gasteiger partial charge < -0.3 is 15.8 Å². The molecule has 48 heavy (non-hydrogen) atoms. The summed E-state index contributed by atoms with van der Waals surface area (Å²) in [5.41, 5.74) is 10.4. The van der Waals surface area contributed by atoms with Gasteiger partial charge in [0.1, 0.15) is 12.6 Å². The number of amides is 1. The molecular formula is C40H59I3N2O3. The Hall–Kier alpha value is -0.110. The first-order chi connectivity index (χ1) is 22.7. The molecule has 268 valence electrons. The Morgan fingerprint density at radius 1 is 1.02 bits per heavy atom. The molecule has 0 saturated heterocycles. The van der Waals surface area contributed by atoms with Crippen molar-refractivity contribution >= 4 is 85.3 Å². The van der Waals surface area contributed by atoms with Crippen molar-refractivity contribution < 1.29 is 14.3 Å². The first-order valence-electron chi connectivity index (χ1n) is 18.8. The smallest absolute Gasteiger partial charge is 0.325 e. The standard InChI is InChI=1S/C40H59I3N2O3/c1-7-25(19-29-33(41)21-34(42)37(44)36(29)43)38(47)45-22-35(46)48-27-15-17-39(5)26(20-27)11-12-28-31-14-13-30(24(4)10-8-9-23(2)3)40(31,6)18-16-32(28)39/h11,21,23-25,27-28,30-32H,7-10,12-20,22,44H2,1-6H3,(H,45,47)/t24-,25?,27+,28+,30-,31+,32+,39+,40-/m1/s1. The number of fused-ring (bicyclic) bond motifs is 5. The van der Waals surface area contributed by atoms with Gasteiger partial charge in [-0.05, 0) is 184 Å². The van der Waals surface area contributed by atoms with Crippen molar-refractivity contribution in [2.75, 3.05) is 12.3 Å². The van der Waals surface area contributed by atoms with Gasteiger partial charge >= 0.3 is 5.97 Å². The molecular weight excluding hydrogens is 937 g/mol. The van der Waals surface area contributed by atoms with Crippen molar-refractivity contribution in [2.24, 2.45) is 52.3 Å². The van der Waals surface area contributed by atoms with E-state index in [0.717, 1.165) is 76.7 Å². The SMILES string of the molecule is CCC(Cc1c(I)cc(I)c(N)c1I)C(=O)NCC(=O)O[C@H]1CC[C@@]2(C)C(=CC[C@H]3[C@@H]4CC[C@H]([C@H](C)CCCC(C)C)[C@@]4(C)CC[C@@H]32)C1. The molecule has 9 atom stereocenters. The molecule has 3 saturated carbocycles. The Bertz CT molecular complexity index is 1380. The number of hydrogen-bond donors (Lipinski definition) is 2. The van der Waals surface area contributed by atoms with Crippen LogP contribution in [0.4, 0.5) is 5.69 Å². The van der Waals surface area contributed by atoms with E-state index in [0.29, 0.717) is 18.3 Å². The molecule has 4 aliphatic rings. The molecule has 0 bridgehead atoms. The third-order valence-corrected chi connectivity index (χ3v) is 16.7. The summed E-state index contributed by atoms with van der Waals surface area (Å²) in [6.07, 6.45) is 17.5. The maximum atomic E-state index is 13.2. The van der Waals surface area contributed by atoms with E-state index in [-0.39, 0.29) is 35.9 Å². The molecule has 0 aliphatic heterocycles. The summed E-state index contributed by atoms with van der Waals surface area (Å²) < 4.78 is 9.18. The second-order valence-corrected chi connectivity index (χ2v) is 20.1. The number of benzene rings is 1. The van der Waals surface area contributed by atoms with E-state index in [9.17, 15) is 9.59 Å². The van der Waals surface area contributed by atoms with E-state index < -0.39 is 0 Å². The van der Waals surface area contributed by atoms with Gasteiger partial charge in [0.05, 0.1) is 5.69 Å². The zero-order chi connectivity index (χ0) is 35.0. The fourth-order valence-corrected chi connectivity index (χ4v) is 14.6. The number of esters is 1. The highest BCUT2D eigenvalue weighted by molar-refractivity contribution is 14.1. The van der Waals surface area contributed by atoms with E-state index in [2.05, 4.69) is 120 Å².